The fraction of sp³-hybridized carbons (Fsp3) is 0.857. The first-order chi connectivity index (χ1) is 19.0. The van der Waals surface area contributed by atoms with Crippen molar-refractivity contribution in [1.29, 1.82) is 0 Å². The van der Waals surface area contributed by atoms with Crippen LogP contribution in [0.15, 0.2) is 0 Å². The highest BCUT2D eigenvalue weighted by Gasteiger charge is 2.69. The summed E-state index contributed by atoms with van der Waals surface area (Å²) in [5, 5.41) is 3.80. The molecule has 0 atom stereocenters. The molecule has 0 fully saturated rings. The summed E-state index contributed by atoms with van der Waals surface area (Å²) in [6.07, 6.45) is -25.8. The van der Waals surface area contributed by atoms with Crippen molar-refractivity contribution in [3.05, 3.63) is 0 Å². The number of carbonyl (C=O) groups is 3. The molecular formula is C21H33F8N3O9. The Kier molecular flexibility index (Phi) is 18.0. The van der Waals surface area contributed by atoms with Gasteiger partial charge in [-0.25, -0.2) is 9.47 Å². The summed E-state index contributed by atoms with van der Waals surface area (Å²) >= 11 is 0. The smallest absolute Gasteiger partial charge is 0.379 e. The molecule has 0 aliphatic carbocycles. The first-order valence-corrected chi connectivity index (χ1v) is 12.0. The number of amides is 2. The Balaban J connectivity index is 4.57. The van der Waals surface area contributed by atoms with Crippen LogP contribution in [-0.2, 0) is 42.8 Å². The summed E-state index contributed by atoms with van der Waals surface area (Å²) in [7, 11) is 0. The van der Waals surface area contributed by atoms with Gasteiger partial charge in [0.2, 0.25) is 11.7 Å². The van der Waals surface area contributed by atoms with Crippen LogP contribution in [0.3, 0.4) is 0 Å². The molecule has 2 amide bonds. The van der Waals surface area contributed by atoms with E-state index in [9.17, 15) is 49.5 Å². The molecule has 12 nitrogen and oxygen atoms in total. The topological polar surface area (TPSA) is 157 Å². The monoisotopic (exact) mass is 623 g/mol. The zero-order valence-corrected chi connectivity index (χ0v) is 22.0. The van der Waals surface area contributed by atoms with Gasteiger partial charge in [0.15, 0.2) is 0 Å². The Morgan fingerprint density at radius 1 is 0.634 bits per heavy atom. The molecule has 242 valence electrons. The van der Waals surface area contributed by atoms with E-state index in [0.717, 1.165) is 0 Å². The average molecular weight is 623 g/mol. The van der Waals surface area contributed by atoms with E-state index in [2.05, 4.69) is 14.8 Å². The fourth-order valence-electron chi connectivity index (χ4n) is 2.39. The molecule has 0 aromatic carbocycles. The number of Topliss-reactive ketones (excluding diaryl/α,β-unsaturated/α-hetero) is 1. The third-order valence-corrected chi connectivity index (χ3v) is 4.29. The molecule has 4 N–H and O–H groups in total. The summed E-state index contributed by atoms with van der Waals surface area (Å²) in [5.41, 5.74) is 5.16. The minimum Gasteiger partial charge on any atom is -0.379 e. The van der Waals surface area contributed by atoms with Crippen molar-refractivity contribution in [2.75, 3.05) is 72.5 Å². The van der Waals surface area contributed by atoms with E-state index in [0.29, 0.717) is 0 Å². The number of carbonyl (C=O) groups excluding carboxylic acids is 3. The third kappa shape index (κ3) is 16.7. The third-order valence-electron chi connectivity index (χ3n) is 4.29. The summed E-state index contributed by atoms with van der Waals surface area (Å²) in [5.74, 6) is -5.28. The quantitative estimate of drug-likeness (QED) is 0.0991. The highest BCUT2D eigenvalue weighted by atomic mass is 19.3. The van der Waals surface area contributed by atoms with Gasteiger partial charge in [0.25, 0.3) is 0 Å². The van der Waals surface area contributed by atoms with Gasteiger partial charge in [0, 0.05) is 39.6 Å². The lowest BCUT2D eigenvalue weighted by atomic mass is 10.2. The minimum atomic E-state index is -6.49. The Bertz CT molecular complexity index is 795. The second-order valence-electron chi connectivity index (χ2n) is 7.77. The van der Waals surface area contributed by atoms with Gasteiger partial charge in [-0.05, 0) is 6.42 Å². The zero-order valence-electron chi connectivity index (χ0n) is 22.0. The maximum absolute atomic E-state index is 13.7. The van der Waals surface area contributed by atoms with Crippen LogP contribution in [0.4, 0.5) is 35.1 Å². The van der Waals surface area contributed by atoms with Gasteiger partial charge in [0.05, 0.1) is 46.2 Å². The van der Waals surface area contributed by atoms with Crippen molar-refractivity contribution < 1.29 is 77.9 Å². The predicted molar refractivity (Wildman–Crippen MR) is 120 cm³/mol. The molecule has 0 radical (unpaired) electrons. The zero-order chi connectivity index (χ0) is 31.6. The molecule has 0 rings (SSSR count). The van der Waals surface area contributed by atoms with E-state index >= 15 is 0 Å². The van der Waals surface area contributed by atoms with Crippen molar-refractivity contribution in [3.8, 4) is 0 Å². The lowest BCUT2D eigenvalue weighted by Gasteiger charge is -2.30. The summed E-state index contributed by atoms with van der Waals surface area (Å²) in [6, 6.07) is 0. The largest absolute Gasteiger partial charge is 0.453 e. The van der Waals surface area contributed by atoms with Crippen molar-refractivity contribution in [2.45, 2.75) is 44.2 Å². The number of alkyl halides is 8. The van der Waals surface area contributed by atoms with Gasteiger partial charge < -0.3 is 35.3 Å². The highest BCUT2D eigenvalue weighted by molar-refractivity contribution is 5.84. The van der Waals surface area contributed by atoms with Crippen molar-refractivity contribution in [2.24, 2.45) is 5.73 Å². The Morgan fingerprint density at radius 2 is 1.07 bits per heavy atom. The van der Waals surface area contributed by atoms with Crippen LogP contribution in [0.2, 0.25) is 0 Å². The molecule has 0 saturated heterocycles. The lowest BCUT2D eigenvalue weighted by Crippen LogP contribution is -2.56. The van der Waals surface area contributed by atoms with Crippen molar-refractivity contribution in [3.63, 3.8) is 0 Å². The normalized spacial score (nSPS) is 12.8. The SMILES string of the molecule is CC(=O)NCCOCCOCCNC(=O)C(F)(F)OC(F)(F)C(F)(F)OC(F)(F)C(=O)CCCOCCOCCN. The molecule has 0 aromatic heterocycles. The van der Waals surface area contributed by atoms with Crippen LogP contribution < -0.4 is 16.4 Å². The number of hydrogen-bond acceptors (Lipinski definition) is 10. The summed E-state index contributed by atoms with van der Waals surface area (Å²) < 4.78 is 134. The number of ether oxygens (including phenoxy) is 6. The van der Waals surface area contributed by atoms with Gasteiger partial charge in [-0.1, -0.05) is 0 Å². The summed E-state index contributed by atoms with van der Waals surface area (Å²) in [4.78, 5) is 33.5. The average Bonchev–Trinajstić information content (AvgIpc) is 2.84. The van der Waals surface area contributed by atoms with E-state index in [-0.39, 0.29) is 65.2 Å². The van der Waals surface area contributed by atoms with E-state index in [4.69, 9.17) is 24.7 Å². The molecule has 0 saturated carbocycles. The van der Waals surface area contributed by atoms with Crippen molar-refractivity contribution in [1.82, 2.24) is 10.6 Å². The van der Waals surface area contributed by atoms with Gasteiger partial charge >= 0.3 is 30.3 Å². The number of nitrogens with two attached hydrogens (primary N) is 1. The van der Waals surface area contributed by atoms with Gasteiger partial charge in [-0.15, -0.1) is 0 Å². The maximum atomic E-state index is 13.7. The molecule has 0 heterocycles. The molecule has 0 aliphatic rings. The molecule has 0 spiro atoms. The van der Waals surface area contributed by atoms with Crippen LogP contribution in [0.25, 0.3) is 0 Å². The van der Waals surface area contributed by atoms with E-state index < -0.39 is 62.1 Å². The number of nitrogens with one attached hydrogen (secondary N) is 2. The van der Waals surface area contributed by atoms with Gasteiger partial charge in [-0.2, -0.15) is 35.1 Å². The lowest BCUT2D eigenvalue weighted by molar-refractivity contribution is -0.499. The number of halogens is 8. The molecule has 41 heavy (non-hydrogen) atoms. The molecule has 0 unspecified atom stereocenters. The van der Waals surface area contributed by atoms with E-state index in [1.807, 2.05) is 0 Å². The van der Waals surface area contributed by atoms with Crippen LogP contribution in [0, 0.1) is 0 Å². The second kappa shape index (κ2) is 19.1. The number of rotatable bonds is 25. The van der Waals surface area contributed by atoms with E-state index in [1.54, 1.807) is 0 Å². The van der Waals surface area contributed by atoms with Crippen LogP contribution in [-0.4, -0.2) is 115 Å². The Labute approximate surface area is 229 Å². The van der Waals surface area contributed by atoms with Crippen molar-refractivity contribution >= 4 is 17.6 Å². The minimum absolute atomic E-state index is 0.0000747. The molecule has 0 aromatic rings. The molecule has 0 aliphatic heterocycles. The van der Waals surface area contributed by atoms with Crippen LogP contribution >= 0.6 is 0 Å². The maximum Gasteiger partial charge on any atom is 0.453 e. The highest BCUT2D eigenvalue weighted by Crippen LogP contribution is 2.43. The number of hydrogen-bond donors (Lipinski definition) is 3. The molecule has 0 bridgehead atoms. The standard InChI is InChI=1S/C21H33F8N3O9/c1-15(33)31-5-9-38-13-14-39-10-6-32-17(35)19(24,25)41-21(28,29)20(26,27)40-18(22,23)16(34)3-2-7-36-11-12-37-8-4-30/h2-14,30H2,1H3,(H,31,33)(H,32,35). The predicted octanol–water partition coefficient (Wildman–Crippen LogP) is 1.02. The second-order valence-corrected chi connectivity index (χ2v) is 7.77. The van der Waals surface area contributed by atoms with Gasteiger partial charge in [0.1, 0.15) is 0 Å². The molecule has 20 heteroatoms. The first kappa shape index (κ1) is 38.8. The van der Waals surface area contributed by atoms with E-state index in [1.165, 1.54) is 12.2 Å². The fourth-order valence-corrected chi connectivity index (χ4v) is 2.39. The summed E-state index contributed by atoms with van der Waals surface area (Å²) in [6.45, 7) is 0.568. The van der Waals surface area contributed by atoms with Crippen LogP contribution in [0.5, 0.6) is 0 Å². The Morgan fingerprint density at radius 3 is 1.56 bits per heavy atom. The first-order valence-electron chi connectivity index (χ1n) is 12.0. The van der Waals surface area contributed by atoms with Gasteiger partial charge in [-0.3, -0.25) is 14.4 Å². The molecular weight excluding hydrogens is 590 g/mol. The number of ketones is 1. The Hall–Kier alpha value is -2.23. The van der Waals surface area contributed by atoms with Crippen LogP contribution in [0.1, 0.15) is 19.8 Å².